The van der Waals surface area contributed by atoms with Crippen LogP contribution in [0.5, 0.6) is 5.75 Å². The minimum Gasteiger partial charge on any atom is -0.472 e. The molecule has 0 radical (unpaired) electrons. The van der Waals surface area contributed by atoms with E-state index < -0.39 is 5.60 Å². The maximum Gasteiger partial charge on any atom is 0.185 e. The number of allylic oxidation sites excluding steroid dienone is 1. The second-order valence-electron chi connectivity index (χ2n) is 9.30. The highest BCUT2D eigenvalue weighted by molar-refractivity contribution is 6.30. The number of ether oxygens (including phenoxy) is 1. The number of hydrogen-bond acceptors (Lipinski definition) is 1. The number of hydrogen-bond donors (Lipinski definition) is 0. The van der Waals surface area contributed by atoms with E-state index in [2.05, 4.69) is 39.8 Å². The van der Waals surface area contributed by atoms with Gasteiger partial charge in [-0.15, -0.1) is 0 Å². The quantitative estimate of drug-likeness (QED) is 0.415. The molecule has 5 rings (SSSR count). The molecule has 1 nitrogen and oxygen atoms in total. The van der Waals surface area contributed by atoms with Gasteiger partial charge in [-0.25, -0.2) is 4.39 Å². The maximum atomic E-state index is 13.9. The third-order valence-electron chi connectivity index (χ3n) is 7.26. The lowest BCUT2D eigenvalue weighted by Crippen LogP contribution is -2.32. The summed E-state index contributed by atoms with van der Waals surface area (Å²) >= 11 is 6.43. The lowest BCUT2D eigenvalue weighted by Gasteiger charge is -2.32. The first-order valence-electron chi connectivity index (χ1n) is 10.3. The van der Waals surface area contributed by atoms with Crippen LogP contribution in [0.4, 0.5) is 4.39 Å². The van der Waals surface area contributed by atoms with Gasteiger partial charge in [0.2, 0.25) is 0 Å². The van der Waals surface area contributed by atoms with Gasteiger partial charge >= 0.3 is 0 Å². The lowest BCUT2D eigenvalue weighted by molar-refractivity contribution is 0.191. The van der Waals surface area contributed by atoms with Gasteiger partial charge in [0.25, 0.3) is 0 Å². The molecule has 1 saturated carbocycles. The molecule has 0 amide bonds. The highest BCUT2D eigenvalue weighted by Gasteiger charge is 2.65. The molecule has 0 N–H and O–H groups in total. The predicted octanol–water partition coefficient (Wildman–Crippen LogP) is 7.63. The maximum absolute atomic E-state index is 13.9. The van der Waals surface area contributed by atoms with E-state index in [1.807, 2.05) is 48.5 Å². The molecule has 3 aromatic rings. The minimum absolute atomic E-state index is 0.00960. The molecule has 2 aliphatic rings. The smallest absolute Gasteiger partial charge is 0.185 e. The van der Waals surface area contributed by atoms with E-state index >= 15 is 0 Å². The molecule has 152 valence electrons. The normalized spacial score (nSPS) is 23.1. The Morgan fingerprint density at radius 2 is 1.37 bits per heavy atom. The summed E-state index contributed by atoms with van der Waals surface area (Å²) in [6.45, 7) is 9.10. The minimum atomic E-state index is -0.859. The van der Waals surface area contributed by atoms with Crippen molar-refractivity contribution in [2.45, 2.75) is 33.3 Å². The Labute approximate surface area is 182 Å². The molecule has 0 aromatic heterocycles. The van der Waals surface area contributed by atoms with Crippen molar-refractivity contribution in [1.29, 1.82) is 0 Å². The zero-order valence-electron chi connectivity index (χ0n) is 17.6. The molecule has 1 atom stereocenters. The number of fused-ring (bicyclic) bond motifs is 1. The lowest BCUT2D eigenvalue weighted by atomic mass is 9.77. The summed E-state index contributed by atoms with van der Waals surface area (Å²) in [7, 11) is 0. The molecular formula is C27H24ClFO. The second kappa shape index (κ2) is 6.21. The second-order valence-corrected chi connectivity index (χ2v) is 9.73. The highest BCUT2D eigenvalue weighted by atomic mass is 35.5. The van der Waals surface area contributed by atoms with E-state index in [9.17, 15) is 4.39 Å². The molecule has 1 aliphatic heterocycles. The van der Waals surface area contributed by atoms with Crippen LogP contribution < -0.4 is 4.74 Å². The highest BCUT2D eigenvalue weighted by Crippen LogP contribution is 2.74. The Hall–Kier alpha value is -2.58. The molecule has 3 heteroatoms. The van der Waals surface area contributed by atoms with Gasteiger partial charge in [-0.1, -0.05) is 81.8 Å². The van der Waals surface area contributed by atoms with Crippen LogP contribution in [0.15, 0.2) is 78.4 Å². The van der Waals surface area contributed by atoms with Crippen LogP contribution >= 0.6 is 11.6 Å². The summed E-state index contributed by atoms with van der Waals surface area (Å²) in [4.78, 5) is 0. The summed E-state index contributed by atoms with van der Waals surface area (Å²) in [6, 6.07) is 22.7. The molecular weight excluding hydrogens is 395 g/mol. The van der Waals surface area contributed by atoms with Gasteiger partial charge in [-0.05, 0) is 46.7 Å². The van der Waals surface area contributed by atoms with E-state index in [4.69, 9.17) is 16.3 Å². The average molecular weight is 419 g/mol. The molecule has 3 aromatic carbocycles. The van der Waals surface area contributed by atoms with Crippen LogP contribution in [-0.2, 0) is 5.60 Å². The fourth-order valence-electron chi connectivity index (χ4n) is 5.09. The summed E-state index contributed by atoms with van der Waals surface area (Å²) < 4.78 is 20.7. The topological polar surface area (TPSA) is 9.23 Å². The van der Waals surface area contributed by atoms with Crippen molar-refractivity contribution in [1.82, 2.24) is 0 Å². The Morgan fingerprint density at radius 1 is 0.767 bits per heavy atom. The van der Waals surface area contributed by atoms with Crippen LogP contribution in [0, 0.1) is 16.6 Å². The van der Waals surface area contributed by atoms with Crippen molar-refractivity contribution < 1.29 is 9.13 Å². The molecule has 1 unspecified atom stereocenters. The van der Waals surface area contributed by atoms with Gasteiger partial charge in [0, 0.05) is 27.3 Å². The van der Waals surface area contributed by atoms with Crippen molar-refractivity contribution in [2.75, 3.05) is 0 Å². The van der Waals surface area contributed by atoms with Crippen LogP contribution in [0.3, 0.4) is 0 Å². The summed E-state index contributed by atoms with van der Waals surface area (Å²) in [5.41, 5.74) is 4.59. The van der Waals surface area contributed by atoms with Gasteiger partial charge in [0.15, 0.2) is 5.60 Å². The van der Waals surface area contributed by atoms with Gasteiger partial charge < -0.3 is 4.74 Å². The standard InChI is InChI=1S/C27H24ClFO/c1-25(2)24(26(25,3)4)23-21-16-19(28)12-15-22(21)30-27(23,17-8-6-5-7-9-17)18-10-13-20(29)14-11-18/h5-16H,1-4H3. The summed E-state index contributed by atoms with van der Waals surface area (Å²) in [5, 5.41) is 0.676. The van der Waals surface area contributed by atoms with Crippen LogP contribution in [0.25, 0.3) is 5.57 Å². The molecule has 30 heavy (non-hydrogen) atoms. The zero-order chi connectivity index (χ0) is 21.3. The van der Waals surface area contributed by atoms with Crippen molar-refractivity contribution in [3.05, 3.63) is 106 Å². The van der Waals surface area contributed by atoms with Gasteiger partial charge in [0.05, 0.1) is 0 Å². The van der Waals surface area contributed by atoms with Crippen molar-refractivity contribution in [2.24, 2.45) is 10.8 Å². The summed E-state index contributed by atoms with van der Waals surface area (Å²) in [6.07, 6.45) is 0. The number of halogens is 2. The van der Waals surface area contributed by atoms with E-state index in [1.165, 1.54) is 17.7 Å². The van der Waals surface area contributed by atoms with Crippen molar-refractivity contribution in [3.8, 4) is 5.75 Å². The SMILES string of the molecule is CC1(C)C(=C2c3cc(Cl)ccc3OC2(c2ccccc2)c2ccc(F)cc2)C1(C)C. The van der Waals surface area contributed by atoms with Crippen LogP contribution in [0.1, 0.15) is 44.4 Å². The monoisotopic (exact) mass is 418 g/mol. The van der Waals surface area contributed by atoms with Crippen molar-refractivity contribution >= 4 is 17.2 Å². The Balaban J connectivity index is 1.91. The largest absolute Gasteiger partial charge is 0.472 e. The third kappa shape index (κ3) is 2.46. The van der Waals surface area contributed by atoms with E-state index in [-0.39, 0.29) is 16.6 Å². The van der Waals surface area contributed by atoms with E-state index in [0.717, 1.165) is 28.0 Å². The zero-order valence-corrected chi connectivity index (χ0v) is 18.3. The number of rotatable bonds is 2. The number of benzene rings is 3. The third-order valence-corrected chi connectivity index (χ3v) is 7.49. The van der Waals surface area contributed by atoms with Gasteiger partial charge in [-0.2, -0.15) is 0 Å². The molecule has 0 spiro atoms. The first-order chi connectivity index (χ1) is 14.2. The first-order valence-corrected chi connectivity index (χ1v) is 10.6. The predicted molar refractivity (Wildman–Crippen MR) is 120 cm³/mol. The Bertz CT molecular complexity index is 1160. The Kier molecular flexibility index (Phi) is 4.02. The van der Waals surface area contributed by atoms with Gasteiger partial charge in [-0.3, -0.25) is 0 Å². The molecule has 0 bridgehead atoms. The van der Waals surface area contributed by atoms with Crippen LogP contribution in [-0.4, -0.2) is 0 Å². The summed E-state index contributed by atoms with van der Waals surface area (Å²) in [5.74, 6) is 0.537. The fourth-order valence-corrected chi connectivity index (χ4v) is 5.26. The van der Waals surface area contributed by atoms with E-state index in [1.54, 1.807) is 0 Å². The molecule has 1 heterocycles. The first kappa shape index (κ1) is 19.4. The van der Waals surface area contributed by atoms with E-state index in [0.29, 0.717) is 5.02 Å². The van der Waals surface area contributed by atoms with Crippen LogP contribution in [0.2, 0.25) is 5.02 Å². The van der Waals surface area contributed by atoms with Crippen molar-refractivity contribution in [3.63, 3.8) is 0 Å². The average Bonchev–Trinajstić information content (AvgIpc) is 2.97. The van der Waals surface area contributed by atoms with Gasteiger partial charge in [0.1, 0.15) is 11.6 Å². The Morgan fingerprint density at radius 3 is 1.97 bits per heavy atom. The molecule has 0 saturated heterocycles. The fraction of sp³-hybridized carbons (Fsp3) is 0.259. The molecule has 1 fully saturated rings. The molecule has 1 aliphatic carbocycles.